The van der Waals surface area contributed by atoms with Gasteiger partial charge >= 0.3 is 5.97 Å². The molecule has 0 saturated carbocycles. The molecule has 1 aromatic rings. The van der Waals surface area contributed by atoms with Crippen LogP contribution in [0, 0.1) is 11.7 Å². The molecule has 1 aliphatic heterocycles. The maximum absolute atomic E-state index is 13.6. The van der Waals surface area contributed by atoms with Gasteiger partial charge in [-0.05, 0) is 25.0 Å². The van der Waals surface area contributed by atoms with Gasteiger partial charge in [0.05, 0.1) is 5.92 Å². The molecule has 1 atom stereocenters. The van der Waals surface area contributed by atoms with Crippen molar-refractivity contribution < 1.29 is 22.7 Å². The van der Waals surface area contributed by atoms with E-state index >= 15 is 0 Å². The van der Waals surface area contributed by atoms with Crippen molar-refractivity contribution in [2.45, 2.75) is 17.7 Å². The van der Waals surface area contributed by atoms with E-state index in [1.807, 2.05) is 0 Å². The lowest BCUT2D eigenvalue weighted by Crippen LogP contribution is -2.42. The van der Waals surface area contributed by atoms with Gasteiger partial charge in [0, 0.05) is 13.1 Å². The van der Waals surface area contributed by atoms with Crippen molar-refractivity contribution in [2.24, 2.45) is 5.92 Å². The summed E-state index contributed by atoms with van der Waals surface area (Å²) in [6.45, 7) is 0.118. The molecule has 0 amide bonds. The molecule has 1 N–H and O–H groups in total. The number of benzene rings is 1. The number of nitrogens with zero attached hydrogens (tertiary/aromatic N) is 1. The molecule has 2 rings (SSSR count). The van der Waals surface area contributed by atoms with E-state index in [2.05, 4.69) is 0 Å². The van der Waals surface area contributed by atoms with Gasteiger partial charge in [-0.1, -0.05) is 12.1 Å². The Labute approximate surface area is 110 Å². The number of carboxylic acids is 1. The summed E-state index contributed by atoms with van der Waals surface area (Å²) in [5, 5.41) is 8.95. The molecule has 19 heavy (non-hydrogen) atoms. The average Bonchev–Trinajstić information content (AvgIpc) is 2.39. The largest absolute Gasteiger partial charge is 0.481 e. The minimum Gasteiger partial charge on any atom is -0.481 e. The van der Waals surface area contributed by atoms with Crippen molar-refractivity contribution in [2.75, 3.05) is 13.1 Å². The first-order valence-electron chi connectivity index (χ1n) is 5.90. The molecule has 0 unspecified atom stereocenters. The van der Waals surface area contributed by atoms with Crippen LogP contribution in [0.2, 0.25) is 0 Å². The Hall–Kier alpha value is -1.47. The van der Waals surface area contributed by atoms with Gasteiger partial charge in [0.15, 0.2) is 0 Å². The van der Waals surface area contributed by atoms with Crippen molar-refractivity contribution in [3.63, 3.8) is 0 Å². The lowest BCUT2D eigenvalue weighted by Gasteiger charge is -2.29. The first-order valence-corrected chi connectivity index (χ1v) is 7.34. The Morgan fingerprint density at radius 1 is 1.37 bits per heavy atom. The molecule has 1 aromatic carbocycles. The van der Waals surface area contributed by atoms with E-state index in [0.717, 1.165) is 10.4 Å². The van der Waals surface area contributed by atoms with Gasteiger partial charge in [0.25, 0.3) is 0 Å². The minimum absolute atomic E-state index is 0.105. The molecule has 0 bridgehead atoms. The summed E-state index contributed by atoms with van der Waals surface area (Å²) >= 11 is 0. The summed E-state index contributed by atoms with van der Waals surface area (Å²) in [7, 11) is -3.96. The summed E-state index contributed by atoms with van der Waals surface area (Å²) in [5.74, 6) is -2.57. The first kappa shape index (κ1) is 14.0. The Morgan fingerprint density at radius 3 is 2.68 bits per heavy atom. The standard InChI is InChI=1S/C12H14FNO4S/c13-10-5-1-2-6-11(10)19(17,18)14-7-3-4-9(8-14)12(15)16/h1-2,5-6,9H,3-4,7-8H2,(H,15,16)/t9-/m1/s1. The summed E-state index contributed by atoms with van der Waals surface area (Å²) in [5.41, 5.74) is 0. The van der Waals surface area contributed by atoms with Gasteiger partial charge in [-0.3, -0.25) is 4.79 Å². The molecule has 5 nitrogen and oxygen atoms in total. The number of aliphatic carboxylic acids is 1. The second-order valence-electron chi connectivity index (χ2n) is 4.47. The predicted octanol–water partition coefficient (Wildman–Crippen LogP) is 1.31. The highest BCUT2D eigenvalue weighted by Crippen LogP contribution is 2.25. The zero-order valence-electron chi connectivity index (χ0n) is 10.1. The summed E-state index contributed by atoms with van der Waals surface area (Å²) in [6.07, 6.45) is 0.906. The van der Waals surface area contributed by atoms with Gasteiger partial charge in [-0.25, -0.2) is 12.8 Å². The van der Waals surface area contributed by atoms with Gasteiger partial charge in [0.1, 0.15) is 10.7 Å². The second-order valence-corrected chi connectivity index (χ2v) is 6.38. The maximum Gasteiger partial charge on any atom is 0.307 e. The molecule has 1 aliphatic rings. The molecule has 0 spiro atoms. The van der Waals surface area contributed by atoms with Gasteiger partial charge in [-0.2, -0.15) is 4.31 Å². The van der Waals surface area contributed by atoms with Crippen LogP contribution >= 0.6 is 0 Å². The zero-order valence-corrected chi connectivity index (χ0v) is 10.9. The van der Waals surface area contributed by atoms with E-state index in [1.165, 1.54) is 18.2 Å². The van der Waals surface area contributed by atoms with Crippen molar-refractivity contribution >= 4 is 16.0 Å². The van der Waals surface area contributed by atoms with Gasteiger partial charge < -0.3 is 5.11 Å². The zero-order chi connectivity index (χ0) is 14.0. The normalized spacial score (nSPS) is 21.2. The number of rotatable bonds is 3. The molecular formula is C12H14FNO4S. The summed E-state index contributed by atoms with van der Waals surface area (Å²) < 4.78 is 39.2. The van der Waals surface area contributed by atoms with Gasteiger partial charge in [0.2, 0.25) is 10.0 Å². The third-order valence-electron chi connectivity index (χ3n) is 3.19. The third-order valence-corrected chi connectivity index (χ3v) is 5.09. The van der Waals surface area contributed by atoms with Crippen LogP contribution in [0.3, 0.4) is 0 Å². The van der Waals surface area contributed by atoms with E-state index in [4.69, 9.17) is 5.11 Å². The SMILES string of the molecule is O=C(O)[C@@H]1CCCN(S(=O)(=O)c2ccccc2F)C1. The Bertz CT molecular complexity index is 587. The number of hydrogen-bond donors (Lipinski definition) is 1. The molecule has 1 fully saturated rings. The average molecular weight is 287 g/mol. The third kappa shape index (κ3) is 2.76. The van der Waals surface area contributed by atoms with Crippen molar-refractivity contribution in [3.05, 3.63) is 30.1 Å². The molecular weight excluding hydrogens is 273 g/mol. The Balaban J connectivity index is 2.30. The molecule has 0 radical (unpaired) electrons. The maximum atomic E-state index is 13.6. The molecule has 0 aliphatic carbocycles. The van der Waals surface area contributed by atoms with E-state index in [0.29, 0.717) is 12.8 Å². The van der Waals surface area contributed by atoms with Crippen LogP contribution in [0.5, 0.6) is 0 Å². The van der Waals surface area contributed by atoms with Gasteiger partial charge in [-0.15, -0.1) is 0 Å². The highest BCUT2D eigenvalue weighted by Gasteiger charge is 2.34. The lowest BCUT2D eigenvalue weighted by molar-refractivity contribution is -0.142. The van der Waals surface area contributed by atoms with E-state index in [-0.39, 0.29) is 13.1 Å². The molecule has 1 heterocycles. The van der Waals surface area contributed by atoms with E-state index in [1.54, 1.807) is 0 Å². The quantitative estimate of drug-likeness (QED) is 0.909. The predicted molar refractivity (Wildman–Crippen MR) is 65.5 cm³/mol. The lowest BCUT2D eigenvalue weighted by atomic mass is 10.0. The van der Waals surface area contributed by atoms with Crippen LogP contribution in [0.15, 0.2) is 29.2 Å². The Kier molecular flexibility index (Phi) is 3.86. The number of sulfonamides is 1. The smallest absolute Gasteiger partial charge is 0.307 e. The highest BCUT2D eigenvalue weighted by atomic mass is 32.2. The monoisotopic (exact) mass is 287 g/mol. The Morgan fingerprint density at radius 2 is 2.05 bits per heavy atom. The number of hydrogen-bond acceptors (Lipinski definition) is 3. The summed E-state index contributed by atoms with van der Waals surface area (Å²) in [4.78, 5) is 10.5. The van der Waals surface area contributed by atoms with Crippen molar-refractivity contribution in [1.29, 1.82) is 0 Å². The van der Waals surface area contributed by atoms with Crippen molar-refractivity contribution in [1.82, 2.24) is 4.31 Å². The highest BCUT2D eigenvalue weighted by molar-refractivity contribution is 7.89. The second kappa shape index (κ2) is 5.26. The molecule has 0 aromatic heterocycles. The fraction of sp³-hybridized carbons (Fsp3) is 0.417. The number of carbonyl (C=O) groups is 1. The van der Waals surface area contributed by atoms with Crippen LogP contribution in [-0.4, -0.2) is 36.9 Å². The van der Waals surface area contributed by atoms with Crippen molar-refractivity contribution in [3.8, 4) is 0 Å². The van der Waals surface area contributed by atoms with E-state index < -0.39 is 32.6 Å². The minimum atomic E-state index is -3.96. The number of carboxylic acid groups (broad SMARTS) is 1. The van der Waals surface area contributed by atoms with Crippen LogP contribution in [0.4, 0.5) is 4.39 Å². The van der Waals surface area contributed by atoms with Crippen LogP contribution in [0.1, 0.15) is 12.8 Å². The number of piperidine rings is 1. The molecule has 104 valence electrons. The summed E-state index contributed by atoms with van der Waals surface area (Å²) in [6, 6.07) is 5.11. The first-order chi connectivity index (χ1) is 8.93. The number of halogens is 1. The van der Waals surface area contributed by atoms with Crippen LogP contribution < -0.4 is 0 Å². The fourth-order valence-corrected chi connectivity index (χ4v) is 3.74. The molecule has 1 saturated heterocycles. The van der Waals surface area contributed by atoms with Crippen LogP contribution in [-0.2, 0) is 14.8 Å². The van der Waals surface area contributed by atoms with Crippen LogP contribution in [0.25, 0.3) is 0 Å². The topological polar surface area (TPSA) is 74.7 Å². The van der Waals surface area contributed by atoms with E-state index in [9.17, 15) is 17.6 Å². The molecule has 7 heteroatoms. The fourth-order valence-electron chi connectivity index (χ4n) is 2.16.